The Morgan fingerprint density at radius 1 is 1.24 bits per heavy atom. The zero-order valence-corrected chi connectivity index (χ0v) is 18.6. The number of carbonyl (C=O) groups excluding carboxylic acids is 1. The predicted octanol–water partition coefficient (Wildman–Crippen LogP) is 3.88. The van der Waals surface area contributed by atoms with Crippen LogP contribution in [0.1, 0.15) is 28.2 Å². The fourth-order valence-corrected chi connectivity index (χ4v) is 6.46. The van der Waals surface area contributed by atoms with Gasteiger partial charge < -0.3 is 4.90 Å². The van der Waals surface area contributed by atoms with Crippen LogP contribution in [0.2, 0.25) is 0 Å². The molecule has 1 saturated heterocycles. The number of anilines is 1. The van der Waals surface area contributed by atoms with E-state index in [2.05, 4.69) is 23.6 Å². The third-order valence-electron chi connectivity index (χ3n) is 4.98. The van der Waals surface area contributed by atoms with Gasteiger partial charge in [0.15, 0.2) is 5.82 Å². The van der Waals surface area contributed by atoms with Crippen LogP contribution in [-0.4, -0.2) is 49.1 Å². The molecule has 0 spiro atoms. The van der Waals surface area contributed by atoms with Crippen molar-refractivity contribution in [1.29, 1.82) is 0 Å². The molecule has 1 aliphatic rings. The average molecular weight is 448 g/mol. The highest BCUT2D eigenvalue weighted by atomic mass is 32.2. The minimum absolute atomic E-state index is 0.113. The van der Waals surface area contributed by atoms with Gasteiger partial charge in [0, 0.05) is 41.7 Å². The molecule has 1 atom stereocenters. The summed E-state index contributed by atoms with van der Waals surface area (Å²) < 4.78 is 21.7. The van der Waals surface area contributed by atoms with E-state index in [1.165, 1.54) is 22.9 Å². The largest absolute Gasteiger partial charge is 0.347 e. The number of thiazole rings is 1. The van der Waals surface area contributed by atoms with Crippen LogP contribution in [0.25, 0.3) is 11.4 Å². The van der Waals surface area contributed by atoms with E-state index in [1.54, 1.807) is 18.7 Å². The summed E-state index contributed by atoms with van der Waals surface area (Å²) >= 11 is 2.62. The minimum atomic E-state index is -2.62. The normalized spacial score (nSPS) is 17.1. The van der Waals surface area contributed by atoms with Crippen molar-refractivity contribution in [1.82, 2.24) is 14.3 Å². The zero-order chi connectivity index (χ0) is 20.4. The first-order valence-corrected chi connectivity index (χ1v) is 12.9. The second-order valence-electron chi connectivity index (χ2n) is 6.98. The molecule has 2 aromatic heterocycles. The zero-order valence-electron chi connectivity index (χ0n) is 16.1. The molecule has 1 amide bonds. The van der Waals surface area contributed by atoms with E-state index in [0.29, 0.717) is 23.4 Å². The van der Waals surface area contributed by atoms with Crippen LogP contribution in [0.15, 0.2) is 40.2 Å². The van der Waals surface area contributed by atoms with Crippen molar-refractivity contribution in [2.45, 2.75) is 25.0 Å². The highest BCUT2D eigenvalue weighted by Gasteiger charge is 2.28. The Morgan fingerprint density at radius 3 is 2.62 bits per heavy atom. The van der Waals surface area contributed by atoms with E-state index in [1.807, 2.05) is 30.3 Å². The first kappa shape index (κ1) is 20.1. The van der Waals surface area contributed by atoms with Crippen LogP contribution < -0.4 is 4.90 Å². The molecule has 1 aromatic carbocycles. The molecule has 152 valence electrons. The minimum Gasteiger partial charge on any atom is -0.347 e. The highest BCUT2D eigenvalue weighted by molar-refractivity contribution is 7.93. The molecule has 0 aliphatic carbocycles. The van der Waals surface area contributed by atoms with Crippen LogP contribution in [-0.2, 0) is 9.73 Å². The molecule has 0 radical (unpaired) electrons. The number of nitrogens with zero attached hydrogens (tertiary/aromatic N) is 5. The van der Waals surface area contributed by atoms with Gasteiger partial charge in [-0.15, -0.1) is 11.3 Å². The van der Waals surface area contributed by atoms with Crippen LogP contribution in [0.5, 0.6) is 0 Å². The summed E-state index contributed by atoms with van der Waals surface area (Å²) in [5.74, 6) is 0.309. The molecule has 0 saturated carbocycles. The molecule has 1 unspecified atom stereocenters. The second-order valence-corrected chi connectivity index (χ2v) is 11.1. The lowest BCUT2D eigenvalue weighted by atomic mass is 10.1. The SMILES string of the molecule is Cc1ncsc1C(=O)N=S(C)(=O)C1CCN(c2nc(-c3ccccc3)ns2)CC1. The molecule has 29 heavy (non-hydrogen) atoms. The number of rotatable bonds is 4. The summed E-state index contributed by atoms with van der Waals surface area (Å²) in [5, 5.41) is 0.760. The lowest BCUT2D eigenvalue weighted by Crippen LogP contribution is -2.39. The Kier molecular flexibility index (Phi) is 5.75. The number of amides is 1. The third-order valence-corrected chi connectivity index (χ3v) is 8.91. The first-order valence-electron chi connectivity index (χ1n) is 9.23. The van der Waals surface area contributed by atoms with Gasteiger partial charge in [0.05, 0.1) is 20.9 Å². The van der Waals surface area contributed by atoms with Crippen molar-refractivity contribution in [3.63, 3.8) is 0 Å². The maximum atomic E-state index is 13.1. The Balaban J connectivity index is 1.43. The first-order chi connectivity index (χ1) is 13.9. The van der Waals surface area contributed by atoms with Gasteiger partial charge in [0.25, 0.3) is 5.91 Å². The average Bonchev–Trinajstić information content (AvgIpc) is 3.38. The van der Waals surface area contributed by atoms with Gasteiger partial charge in [0.1, 0.15) is 4.88 Å². The Morgan fingerprint density at radius 2 is 1.97 bits per heavy atom. The molecule has 4 rings (SSSR count). The maximum Gasteiger partial charge on any atom is 0.297 e. The van der Waals surface area contributed by atoms with Crippen molar-refractivity contribution in [3.8, 4) is 11.4 Å². The molecule has 0 bridgehead atoms. The van der Waals surface area contributed by atoms with E-state index >= 15 is 0 Å². The number of aryl methyl sites for hydroxylation is 1. The van der Waals surface area contributed by atoms with Crippen LogP contribution in [0.3, 0.4) is 0 Å². The lowest BCUT2D eigenvalue weighted by molar-refractivity contribution is 0.101. The van der Waals surface area contributed by atoms with Gasteiger partial charge in [-0.3, -0.25) is 4.79 Å². The number of hydrogen-bond acceptors (Lipinski definition) is 8. The fraction of sp³-hybridized carbons (Fsp3) is 0.368. The smallest absolute Gasteiger partial charge is 0.297 e. The van der Waals surface area contributed by atoms with E-state index < -0.39 is 15.6 Å². The van der Waals surface area contributed by atoms with Crippen LogP contribution in [0.4, 0.5) is 5.13 Å². The summed E-state index contributed by atoms with van der Waals surface area (Å²) in [7, 11) is -2.62. The van der Waals surface area contributed by atoms with Gasteiger partial charge >= 0.3 is 0 Å². The molecule has 10 heteroatoms. The van der Waals surface area contributed by atoms with Crippen molar-refractivity contribution in [3.05, 3.63) is 46.4 Å². The summed E-state index contributed by atoms with van der Waals surface area (Å²) in [6, 6.07) is 9.90. The van der Waals surface area contributed by atoms with Crippen molar-refractivity contribution >= 4 is 43.6 Å². The van der Waals surface area contributed by atoms with E-state index in [4.69, 9.17) is 0 Å². The van der Waals surface area contributed by atoms with Gasteiger partial charge in [-0.05, 0) is 19.8 Å². The quantitative estimate of drug-likeness (QED) is 0.603. The monoisotopic (exact) mass is 447 g/mol. The van der Waals surface area contributed by atoms with Crippen molar-refractivity contribution < 1.29 is 9.00 Å². The number of aromatic nitrogens is 3. The molecule has 3 heterocycles. The molecule has 0 N–H and O–H groups in total. The van der Waals surface area contributed by atoms with E-state index in [-0.39, 0.29) is 5.25 Å². The standard InChI is InChI=1S/C19H21N5O2S3/c1-13-16(27-12-20-13)18(25)23-29(2,26)15-8-10-24(11-9-15)19-21-17(22-28-19)14-6-4-3-5-7-14/h3-7,12,15H,8-11H2,1-2H3. The highest BCUT2D eigenvalue weighted by Crippen LogP contribution is 2.28. The van der Waals surface area contributed by atoms with Gasteiger partial charge in [-0.2, -0.15) is 13.7 Å². The lowest BCUT2D eigenvalue weighted by Gasteiger charge is -2.31. The molecule has 7 nitrogen and oxygen atoms in total. The Hall–Kier alpha value is -2.17. The molecular formula is C19H21N5O2S3. The summed E-state index contributed by atoms with van der Waals surface area (Å²) in [6.45, 7) is 3.21. The third kappa shape index (κ3) is 4.39. The number of benzene rings is 1. The summed E-state index contributed by atoms with van der Waals surface area (Å²) in [5.41, 5.74) is 3.25. The fourth-order valence-electron chi connectivity index (χ4n) is 3.32. The predicted molar refractivity (Wildman–Crippen MR) is 118 cm³/mol. The second kappa shape index (κ2) is 8.29. The summed E-state index contributed by atoms with van der Waals surface area (Å²) in [6.07, 6.45) is 3.00. The van der Waals surface area contributed by atoms with E-state index in [9.17, 15) is 9.00 Å². The topological polar surface area (TPSA) is 88.4 Å². The van der Waals surface area contributed by atoms with Gasteiger partial charge in [-0.1, -0.05) is 30.3 Å². The molecule has 3 aromatic rings. The molecule has 1 fully saturated rings. The number of piperidine rings is 1. The van der Waals surface area contributed by atoms with Crippen molar-refractivity contribution in [2.75, 3.05) is 24.2 Å². The summed E-state index contributed by atoms with van der Waals surface area (Å²) in [4.78, 5) is 23.8. The van der Waals surface area contributed by atoms with E-state index in [0.717, 1.165) is 29.6 Å². The number of hydrogen-bond donors (Lipinski definition) is 0. The molecular weight excluding hydrogens is 426 g/mol. The van der Waals surface area contributed by atoms with Gasteiger partial charge in [-0.25, -0.2) is 9.19 Å². The van der Waals surface area contributed by atoms with Gasteiger partial charge in [0.2, 0.25) is 5.13 Å². The van der Waals surface area contributed by atoms with Crippen LogP contribution in [0, 0.1) is 6.92 Å². The Labute approximate surface area is 178 Å². The molecule has 1 aliphatic heterocycles. The Bertz CT molecular complexity index is 1120. The number of carbonyl (C=O) groups is 1. The van der Waals surface area contributed by atoms with Crippen molar-refractivity contribution in [2.24, 2.45) is 4.36 Å². The van der Waals surface area contributed by atoms with Crippen LogP contribution >= 0.6 is 22.9 Å². The maximum absolute atomic E-state index is 13.1.